The maximum absolute atomic E-state index is 12.1. The molecule has 0 radical (unpaired) electrons. The summed E-state index contributed by atoms with van der Waals surface area (Å²) in [5.41, 5.74) is 1.36. The van der Waals surface area contributed by atoms with Gasteiger partial charge in [-0.25, -0.2) is 8.42 Å². The molecule has 2 aromatic rings. The van der Waals surface area contributed by atoms with Gasteiger partial charge in [-0.2, -0.15) is 0 Å². The third kappa shape index (κ3) is 6.62. The molecule has 0 bridgehead atoms. The van der Waals surface area contributed by atoms with Gasteiger partial charge in [0.2, 0.25) is 5.75 Å². The van der Waals surface area contributed by atoms with Crippen LogP contribution in [-0.4, -0.2) is 82.8 Å². The quantitative estimate of drug-likeness (QED) is 0.444. The summed E-state index contributed by atoms with van der Waals surface area (Å²) in [5, 5.41) is 10.7. The summed E-state index contributed by atoms with van der Waals surface area (Å²) < 4.78 is 46.2. The fraction of sp³-hybridized carbons (Fsp3) is 0.458. The number of benzene rings is 2. The van der Waals surface area contributed by atoms with Crippen LogP contribution in [0.25, 0.3) is 0 Å². The molecule has 2 atom stereocenters. The Morgan fingerprint density at radius 2 is 1.74 bits per heavy atom. The van der Waals surface area contributed by atoms with Crippen molar-refractivity contribution in [2.24, 2.45) is 0 Å². The van der Waals surface area contributed by atoms with Crippen LogP contribution >= 0.6 is 0 Å². The number of rotatable bonds is 12. The second-order valence-electron chi connectivity index (χ2n) is 8.17. The highest BCUT2D eigenvalue weighted by atomic mass is 32.2. The minimum absolute atomic E-state index is 0.0195. The molecular weight excluding hydrogens is 462 g/mol. The molecular formula is C24H31NO8S. The maximum Gasteiger partial charge on any atom is 0.203 e. The topological polar surface area (TPSA) is 112 Å². The predicted octanol–water partition coefficient (Wildman–Crippen LogP) is 1.95. The minimum atomic E-state index is -3.12. The smallest absolute Gasteiger partial charge is 0.203 e. The number of aldehydes is 1. The van der Waals surface area contributed by atoms with Crippen LogP contribution in [0.1, 0.15) is 22.3 Å². The fourth-order valence-electron chi connectivity index (χ4n) is 4.03. The van der Waals surface area contributed by atoms with Crippen molar-refractivity contribution in [3.05, 3.63) is 47.5 Å². The number of sulfone groups is 1. The maximum atomic E-state index is 12.1. The van der Waals surface area contributed by atoms with E-state index in [9.17, 15) is 18.3 Å². The van der Waals surface area contributed by atoms with E-state index in [1.807, 2.05) is 17.0 Å². The van der Waals surface area contributed by atoms with Crippen LogP contribution < -0.4 is 18.9 Å². The molecule has 0 aromatic heterocycles. The summed E-state index contributed by atoms with van der Waals surface area (Å²) in [6.45, 7) is 0.608. The molecule has 9 nitrogen and oxygen atoms in total. The number of nitrogens with zero attached hydrogens (tertiary/aromatic N) is 1. The van der Waals surface area contributed by atoms with Crippen molar-refractivity contribution in [2.45, 2.75) is 25.1 Å². The van der Waals surface area contributed by atoms with E-state index < -0.39 is 15.9 Å². The molecule has 1 heterocycles. The van der Waals surface area contributed by atoms with Crippen molar-refractivity contribution in [1.29, 1.82) is 0 Å². The van der Waals surface area contributed by atoms with Gasteiger partial charge in [-0.15, -0.1) is 0 Å². The first-order valence-corrected chi connectivity index (χ1v) is 12.7. The minimum Gasteiger partial charge on any atom is -0.493 e. The Hall–Kier alpha value is -2.82. The summed E-state index contributed by atoms with van der Waals surface area (Å²) in [6.07, 6.45) is 0.374. The van der Waals surface area contributed by atoms with E-state index in [-0.39, 0.29) is 30.7 Å². The molecule has 1 aliphatic heterocycles. The van der Waals surface area contributed by atoms with Gasteiger partial charge < -0.3 is 24.1 Å². The van der Waals surface area contributed by atoms with Gasteiger partial charge in [0.15, 0.2) is 21.3 Å². The molecule has 3 rings (SSSR count). The van der Waals surface area contributed by atoms with Gasteiger partial charge in [-0.3, -0.25) is 9.69 Å². The Morgan fingerprint density at radius 3 is 2.24 bits per heavy atom. The summed E-state index contributed by atoms with van der Waals surface area (Å²) in [4.78, 5) is 12.7. The normalized spacial score (nSPS) is 17.9. The molecule has 0 amide bonds. The van der Waals surface area contributed by atoms with Crippen molar-refractivity contribution in [3.8, 4) is 23.0 Å². The monoisotopic (exact) mass is 493 g/mol. The molecule has 0 saturated carbocycles. The zero-order valence-electron chi connectivity index (χ0n) is 19.6. The largest absolute Gasteiger partial charge is 0.493 e. The Bertz CT molecular complexity index is 1050. The van der Waals surface area contributed by atoms with Crippen LogP contribution in [0.2, 0.25) is 0 Å². The molecule has 0 aliphatic carbocycles. The highest BCUT2D eigenvalue weighted by Gasteiger charge is 2.33. The van der Waals surface area contributed by atoms with Crippen molar-refractivity contribution in [1.82, 2.24) is 4.90 Å². The number of hydrogen-bond donors (Lipinski definition) is 1. The van der Waals surface area contributed by atoms with E-state index in [4.69, 9.17) is 18.9 Å². The van der Waals surface area contributed by atoms with Gasteiger partial charge in [0.25, 0.3) is 0 Å². The zero-order chi connectivity index (χ0) is 24.7. The van der Waals surface area contributed by atoms with Gasteiger partial charge in [-0.05, 0) is 48.4 Å². The fourth-order valence-corrected chi connectivity index (χ4v) is 5.79. The number of aliphatic hydroxyl groups excluding tert-OH is 1. The van der Waals surface area contributed by atoms with Crippen LogP contribution in [0.3, 0.4) is 0 Å². The highest BCUT2D eigenvalue weighted by molar-refractivity contribution is 7.91. The van der Waals surface area contributed by atoms with E-state index in [1.165, 1.54) is 21.3 Å². The summed E-state index contributed by atoms with van der Waals surface area (Å²) in [6, 6.07) is 9.99. The lowest BCUT2D eigenvalue weighted by Crippen LogP contribution is -2.42. The standard InChI is InChI=1S/C24H31NO8S/c1-30-22-10-18(11-23(31-2)24(22)32-3)12-25(19-8-9-34(28,29)16-19)13-20(27)15-33-21-6-4-17(14-26)5-7-21/h4-7,10-11,14,19-20,27H,8-9,12-13,15-16H2,1-3H3. The van der Waals surface area contributed by atoms with Crippen LogP contribution in [0.4, 0.5) is 0 Å². The number of carbonyl (C=O) groups is 1. The number of ether oxygens (including phenoxy) is 4. The van der Waals surface area contributed by atoms with Crippen molar-refractivity contribution < 1.29 is 37.3 Å². The second kappa shape index (κ2) is 11.5. The first-order chi connectivity index (χ1) is 16.3. The van der Waals surface area contributed by atoms with Crippen molar-refractivity contribution in [2.75, 3.05) is 46.0 Å². The summed E-state index contributed by atoms with van der Waals surface area (Å²) >= 11 is 0. The van der Waals surface area contributed by atoms with Gasteiger partial charge in [0.05, 0.1) is 32.8 Å². The molecule has 186 valence electrons. The first-order valence-electron chi connectivity index (χ1n) is 10.9. The SMILES string of the molecule is COc1cc(CN(CC(O)COc2ccc(C=O)cc2)C2CCS(=O)(=O)C2)cc(OC)c1OC. The van der Waals surface area contributed by atoms with Crippen molar-refractivity contribution >= 4 is 16.1 Å². The molecule has 1 N–H and O–H groups in total. The molecule has 2 unspecified atom stereocenters. The van der Waals surface area contributed by atoms with E-state index in [0.29, 0.717) is 41.5 Å². The average molecular weight is 494 g/mol. The van der Waals surface area contributed by atoms with Crippen LogP contribution in [0.5, 0.6) is 23.0 Å². The highest BCUT2D eigenvalue weighted by Crippen LogP contribution is 2.38. The molecule has 1 aliphatic rings. The lowest BCUT2D eigenvalue weighted by Gasteiger charge is -2.30. The summed E-state index contributed by atoms with van der Waals surface area (Å²) in [5.74, 6) is 2.16. The number of carbonyl (C=O) groups excluding carboxylic acids is 1. The van der Waals surface area contributed by atoms with Gasteiger partial charge in [0.1, 0.15) is 24.7 Å². The molecule has 10 heteroatoms. The second-order valence-corrected chi connectivity index (χ2v) is 10.4. The number of methoxy groups -OCH3 is 3. The lowest BCUT2D eigenvalue weighted by molar-refractivity contribution is 0.0524. The molecule has 0 spiro atoms. The van der Waals surface area contributed by atoms with E-state index in [0.717, 1.165) is 11.8 Å². The zero-order valence-corrected chi connectivity index (χ0v) is 20.4. The molecule has 1 fully saturated rings. The number of aliphatic hydroxyl groups is 1. The summed E-state index contributed by atoms with van der Waals surface area (Å²) in [7, 11) is 1.47. The molecule has 2 aromatic carbocycles. The van der Waals surface area contributed by atoms with Crippen LogP contribution in [0.15, 0.2) is 36.4 Å². The van der Waals surface area contributed by atoms with Crippen LogP contribution in [0, 0.1) is 0 Å². The molecule has 34 heavy (non-hydrogen) atoms. The van der Waals surface area contributed by atoms with Crippen molar-refractivity contribution in [3.63, 3.8) is 0 Å². The van der Waals surface area contributed by atoms with E-state index in [2.05, 4.69) is 0 Å². The average Bonchev–Trinajstić information content (AvgIpc) is 3.21. The first kappa shape index (κ1) is 25.8. The van der Waals surface area contributed by atoms with Crippen LogP contribution in [-0.2, 0) is 16.4 Å². The Labute approximate surface area is 200 Å². The number of hydrogen-bond acceptors (Lipinski definition) is 9. The van der Waals surface area contributed by atoms with Gasteiger partial charge in [-0.1, -0.05) is 0 Å². The third-order valence-electron chi connectivity index (χ3n) is 5.74. The van der Waals surface area contributed by atoms with Gasteiger partial charge in [0, 0.05) is 24.7 Å². The lowest BCUT2D eigenvalue weighted by atomic mass is 10.1. The Balaban J connectivity index is 1.75. The Morgan fingerprint density at radius 1 is 1.09 bits per heavy atom. The molecule has 1 saturated heterocycles. The van der Waals surface area contributed by atoms with E-state index >= 15 is 0 Å². The third-order valence-corrected chi connectivity index (χ3v) is 7.49. The van der Waals surface area contributed by atoms with E-state index in [1.54, 1.807) is 24.3 Å². The predicted molar refractivity (Wildman–Crippen MR) is 127 cm³/mol. The Kier molecular flexibility index (Phi) is 8.76. The van der Waals surface area contributed by atoms with Gasteiger partial charge >= 0.3 is 0 Å².